The summed E-state index contributed by atoms with van der Waals surface area (Å²) in [7, 11) is 0. The molecule has 0 bridgehead atoms. The summed E-state index contributed by atoms with van der Waals surface area (Å²) >= 11 is 0. The first-order valence-corrected chi connectivity index (χ1v) is 6.81. The van der Waals surface area contributed by atoms with Gasteiger partial charge in [0, 0.05) is 0 Å². The predicted molar refractivity (Wildman–Crippen MR) is 85.7 cm³/mol. The second-order valence-electron chi connectivity index (χ2n) is 4.99. The topological polar surface area (TPSA) is 0 Å². The van der Waals surface area contributed by atoms with Gasteiger partial charge in [-0.15, -0.1) is 0 Å². The zero-order chi connectivity index (χ0) is 13.4. The molecule has 0 aromatic heterocycles. The minimum atomic E-state index is 1.17. The summed E-state index contributed by atoms with van der Waals surface area (Å²) in [6.07, 6.45) is 0. The Hall–Kier alpha value is -2.60. The van der Waals surface area contributed by atoms with Crippen LogP contribution < -0.4 is 0 Å². The molecule has 1 radical (unpaired) electrons. The molecule has 0 heteroatoms. The van der Waals surface area contributed by atoms with E-state index in [4.69, 9.17) is 0 Å². The molecular weight excluding hydrogens is 240 g/mol. The zero-order valence-electron chi connectivity index (χ0n) is 11.0. The molecular formula is C20H13. The third-order valence-corrected chi connectivity index (χ3v) is 3.72. The molecule has 4 aromatic rings. The van der Waals surface area contributed by atoms with Crippen molar-refractivity contribution in [2.45, 2.75) is 0 Å². The molecule has 0 unspecified atom stereocenters. The molecule has 4 aromatic carbocycles. The second kappa shape index (κ2) is 4.50. The van der Waals surface area contributed by atoms with Gasteiger partial charge in [-0.25, -0.2) is 0 Å². The molecule has 20 heavy (non-hydrogen) atoms. The Morgan fingerprint density at radius 1 is 0.600 bits per heavy atom. The maximum atomic E-state index is 3.52. The molecule has 0 N–H and O–H groups in total. The maximum absolute atomic E-state index is 3.52. The first kappa shape index (κ1) is 11.2. The SMILES string of the molecule is [c]1c2ccccc2cc2c(-c3ccccc3)cccc12. The summed E-state index contributed by atoms with van der Waals surface area (Å²) in [5.74, 6) is 0. The van der Waals surface area contributed by atoms with Crippen molar-refractivity contribution in [2.75, 3.05) is 0 Å². The van der Waals surface area contributed by atoms with E-state index in [1.54, 1.807) is 0 Å². The highest BCUT2D eigenvalue weighted by Crippen LogP contribution is 2.31. The number of hydrogen-bond acceptors (Lipinski definition) is 0. The van der Waals surface area contributed by atoms with Crippen molar-refractivity contribution in [3.63, 3.8) is 0 Å². The van der Waals surface area contributed by atoms with Gasteiger partial charge in [0.25, 0.3) is 0 Å². The Morgan fingerprint density at radius 3 is 2.25 bits per heavy atom. The van der Waals surface area contributed by atoms with Crippen LogP contribution in [0.1, 0.15) is 0 Å². The Labute approximate surface area is 118 Å². The maximum Gasteiger partial charge on any atom is -0.00141 e. The van der Waals surface area contributed by atoms with E-state index in [1.807, 2.05) is 0 Å². The summed E-state index contributed by atoms with van der Waals surface area (Å²) in [5, 5.41) is 4.84. The highest BCUT2D eigenvalue weighted by Gasteiger charge is 2.04. The van der Waals surface area contributed by atoms with Gasteiger partial charge < -0.3 is 0 Å². The van der Waals surface area contributed by atoms with Crippen LogP contribution in [-0.4, -0.2) is 0 Å². The van der Waals surface area contributed by atoms with E-state index in [9.17, 15) is 0 Å². The third kappa shape index (κ3) is 1.78. The number of benzene rings is 4. The van der Waals surface area contributed by atoms with Crippen LogP contribution in [0.2, 0.25) is 0 Å². The third-order valence-electron chi connectivity index (χ3n) is 3.72. The van der Waals surface area contributed by atoms with Crippen LogP contribution in [0.4, 0.5) is 0 Å². The average molecular weight is 253 g/mol. The lowest BCUT2D eigenvalue weighted by Crippen LogP contribution is -1.82. The van der Waals surface area contributed by atoms with Gasteiger partial charge in [-0.05, 0) is 44.8 Å². The summed E-state index contributed by atoms with van der Waals surface area (Å²) in [5.41, 5.74) is 2.52. The van der Waals surface area contributed by atoms with Gasteiger partial charge in [0.2, 0.25) is 0 Å². The minimum Gasteiger partial charge on any atom is -0.0622 e. The van der Waals surface area contributed by atoms with Gasteiger partial charge in [-0.3, -0.25) is 0 Å². The molecule has 0 aliphatic heterocycles. The molecule has 0 saturated carbocycles. The van der Waals surface area contributed by atoms with E-state index in [1.165, 1.54) is 32.7 Å². The van der Waals surface area contributed by atoms with E-state index < -0.39 is 0 Å². The number of hydrogen-bond donors (Lipinski definition) is 0. The van der Waals surface area contributed by atoms with Crippen LogP contribution in [0, 0.1) is 6.07 Å². The molecule has 0 fully saturated rings. The van der Waals surface area contributed by atoms with Gasteiger partial charge in [0.05, 0.1) is 0 Å². The van der Waals surface area contributed by atoms with E-state index in [0.29, 0.717) is 0 Å². The van der Waals surface area contributed by atoms with Gasteiger partial charge >= 0.3 is 0 Å². The van der Waals surface area contributed by atoms with Gasteiger partial charge in [0.1, 0.15) is 0 Å². The first-order chi connectivity index (χ1) is 9.92. The fourth-order valence-corrected chi connectivity index (χ4v) is 2.74. The smallest absolute Gasteiger partial charge is 0.00141 e. The molecule has 0 nitrogen and oxygen atoms in total. The van der Waals surface area contributed by atoms with E-state index in [-0.39, 0.29) is 0 Å². The molecule has 0 heterocycles. The fourth-order valence-electron chi connectivity index (χ4n) is 2.74. The van der Waals surface area contributed by atoms with Crippen LogP contribution in [-0.2, 0) is 0 Å². The molecule has 0 aliphatic carbocycles. The van der Waals surface area contributed by atoms with Crippen molar-refractivity contribution in [1.82, 2.24) is 0 Å². The highest BCUT2D eigenvalue weighted by molar-refractivity contribution is 6.04. The van der Waals surface area contributed by atoms with E-state index in [0.717, 1.165) is 0 Å². The van der Waals surface area contributed by atoms with Crippen LogP contribution in [0.5, 0.6) is 0 Å². The summed E-state index contributed by atoms with van der Waals surface area (Å²) in [4.78, 5) is 0. The summed E-state index contributed by atoms with van der Waals surface area (Å²) in [6.45, 7) is 0. The van der Waals surface area contributed by atoms with Crippen molar-refractivity contribution in [2.24, 2.45) is 0 Å². The fraction of sp³-hybridized carbons (Fsp3) is 0. The standard InChI is InChI=1S/C20H13/c1-2-7-15(8-3-1)19-12-6-11-18-13-16-9-4-5-10-17(16)14-20(18)19/h1-12,14H. The van der Waals surface area contributed by atoms with E-state index in [2.05, 4.69) is 84.9 Å². The van der Waals surface area contributed by atoms with Crippen molar-refractivity contribution in [1.29, 1.82) is 0 Å². The minimum absolute atomic E-state index is 1.17. The van der Waals surface area contributed by atoms with Crippen LogP contribution in [0.25, 0.3) is 32.7 Å². The van der Waals surface area contributed by atoms with Gasteiger partial charge in [-0.1, -0.05) is 72.8 Å². The molecule has 0 amide bonds. The largest absolute Gasteiger partial charge is 0.0622 e. The van der Waals surface area contributed by atoms with E-state index >= 15 is 0 Å². The molecule has 0 saturated heterocycles. The second-order valence-corrected chi connectivity index (χ2v) is 4.99. The quantitative estimate of drug-likeness (QED) is 0.395. The lowest BCUT2D eigenvalue weighted by molar-refractivity contribution is 1.66. The van der Waals surface area contributed by atoms with Crippen molar-refractivity contribution >= 4 is 21.5 Å². The molecule has 0 spiro atoms. The Morgan fingerprint density at radius 2 is 1.35 bits per heavy atom. The van der Waals surface area contributed by atoms with Crippen LogP contribution >= 0.6 is 0 Å². The molecule has 0 atom stereocenters. The first-order valence-electron chi connectivity index (χ1n) is 6.81. The lowest BCUT2D eigenvalue weighted by Gasteiger charge is -2.08. The normalized spacial score (nSPS) is 11.0. The van der Waals surface area contributed by atoms with Gasteiger partial charge in [-0.2, -0.15) is 0 Å². The summed E-state index contributed by atoms with van der Waals surface area (Å²) in [6, 6.07) is 31.1. The molecule has 4 rings (SSSR count). The molecule has 0 aliphatic rings. The van der Waals surface area contributed by atoms with Crippen LogP contribution in [0.15, 0.2) is 78.9 Å². The summed E-state index contributed by atoms with van der Waals surface area (Å²) < 4.78 is 0. The average Bonchev–Trinajstić information content (AvgIpc) is 2.53. The predicted octanol–water partition coefficient (Wildman–Crippen LogP) is 5.46. The zero-order valence-corrected chi connectivity index (χ0v) is 11.0. The van der Waals surface area contributed by atoms with Crippen molar-refractivity contribution < 1.29 is 0 Å². The lowest BCUT2D eigenvalue weighted by atomic mass is 9.96. The number of rotatable bonds is 1. The Bertz CT molecular complexity index is 889. The number of fused-ring (bicyclic) bond motifs is 2. The Balaban J connectivity index is 2.09. The monoisotopic (exact) mass is 253 g/mol. The van der Waals surface area contributed by atoms with Gasteiger partial charge in [0.15, 0.2) is 0 Å². The van der Waals surface area contributed by atoms with Crippen molar-refractivity contribution in [3.8, 4) is 11.1 Å². The molecule has 93 valence electrons. The van der Waals surface area contributed by atoms with Crippen LogP contribution in [0.3, 0.4) is 0 Å². The Kier molecular flexibility index (Phi) is 2.53. The highest BCUT2D eigenvalue weighted by atomic mass is 14.1. The van der Waals surface area contributed by atoms with Crippen molar-refractivity contribution in [3.05, 3.63) is 84.9 Å².